The molecular formula is C9H12N2O6. The molecule has 0 aromatic carbocycles. The van der Waals surface area contributed by atoms with Gasteiger partial charge in [-0.1, -0.05) is 0 Å². The lowest BCUT2D eigenvalue weighted by molar-refractivity contribution is -0.147. The van der Waals surface area contributed by atoms with Crippen molar-refractivity contribution in [3.05, 3.63) is 0 Å². The van der Waals surface area contributed by atoms with Crippen LogP contribution < -0.4 is 10.6 Å². The van der Waals surface area contributed by atoms with Gasteiger partial charge in [0.1, 0.15) is 12.1 Å². The van der Waals surface area contributed by atoms with Gasteiger partial charge in [0.15, 0.2) is 0 Å². The molecular weight excluding hydrogens is 232 g/mol. The van der Waals surface area contributed by atoms with Gasteiger partial charge in [0.2, 0.25) is 11.8 Å². The van der Waals surface area contributed by atoms with Crippen LogP contribution in [0.4, 0.5) is 0 Å². The summed E-state index contributed by atoms with van der Waals surface area (Å²) in [6.45, 7) is 0. The maximum atomic E-state index is 11.5. The van der Waals surface area contributed by atoms with E-state index in [4.69, 9.17) is 10.2 Å². The monoisotopic (exact) mass is 244 g/mol. The molecule has 0 radical (unpaired) electrons. The smallest absolute Gasteiger partial charge is 0.326 e. The number of carboxylic acid groups (broad SMARTS) is 2. The van der Waals surface area contributed by atoms with Crippen LogP contribution in [0.5, 0.6) is 0 Å². The van der Waals surface area contributed by atoms with E-state index in [1.807, 2.05) is 0 Å². The summed E-state index contributed by atoms with van der Waals surface area (Å²) < 4.78 is 0. The minimum Gasteiger partial charge on any atom is -0.481 e. The van der Waals surface area contributed by atoms with Crippen LogP contribution in [-0.4, -0.2) is 46.0 Å². The molecule has 1 heterocycles. The molecule has 4 N–H and O–H groups in total. The Bertz CT molecular complexity index is 366. The molecule has 0 spiro atoms. The van der Waals surface area contributed by atoms with Gasteiger partial charge in [-0.2, -0.15) is 0 Å². The van der Waals surface area contributed by atoms with Gasteiger partial charge >= 0.3 is 11.9 Å². The Morgan fingerprint density at radius 3 is 2.47 bits per heavy atom. The SMILES string of the molecule is O=C(O)C[C@@H](NC(=O)[C@H]1CCC(=O)N1)C(=O)O. The number of rotatable bonds is 5. The first-order valence-electron chi connectivity index (χ1n) is 4.94. The zero-order valence-electron chi connectivity index (χ0n) is 8.80. The molecule has 1 saturated heterocycles. The van der Waals surface area contributed by atoms with Gasteiger partial charge in [-0.05, 0) is 6.42 Å². The predicted molar refractivity (Wildman–Crippen MR) is 53.0 cm³/mol. The molecule has 1 aliphatic heterocycles. The van der Waals surface area contributed by atoms with E-state index in [2.05, 4.69) is 10.6 Å². The van der Waals surface area contributed by atoms with Crippen molar-refractivity contribution in [3.63, 3.8) is 0 Å². The summed E-state index contributed by atoms with van der Waals surface area (Å²) in [5.74, 6) is -3.71. The first kappa shape index (κ1) is 12.9. The van der Waals surface area contributed by atoms with Crippen molar-refractivity contribution in [3.8, 4) is 0 Å². The molecule has 0 aromatic heterocycles. The second kappa shape index (κ2) is 5.28. The number of hydrogen-bond acceptors (Lipinski definition) is 4. The number of aliphatic carboxylic acids is 2. The average molecular weight is 244 g/mol. The second-order valence-electron chi connectivity index (χ2n) is 3.66. The van der Waals surface area contributed by atoms with Crippen LogP contribution in [0.1, 0.15) is 19.3 Å². The van der Waals surface area contributed by atoms with E-state index in [9.17, 15) is 19.2 Å². The first-order valence-corrected chi connectivity index (χ1v) is 4.94. The maximum absolute atomic E-state index is 11.5. The van der Waals surface area contributed by atoms with Crippen LogP contribution in [0, 0.1) is 0 Å². The van der Waals surface area contributed by atoms with Gasteiger partial charge < -0.3 is 20.8 Å². The summed E-state index contributed by atoms with van der Waals surface area (Å²) in [5.41, 5.74) is 0. The maximum Gasteiger partial charge on any atom is 0.326 e. The van der Waals surface area contributed by atoms with Crippen molar-refractivity contribution in [2.45, 2.75) is 31.3 Å². The average Bonchev–Trinajstić information content (AvgIpc) is 2.63. The summed E-state index contributed by atoms with van der Waals surface area (Å²) in [7, 11) is 0. The Kier molecular flexibility index (Phi) is 4.02. The summed E-state index contributed by atoms with van der Waals surface area (Å²) in [6.07, 6.45) is -0.222. The molecule has 0 aromatic rings. The minimum absolute atomic E-state index is 0.203. The van der Waals surface area contributed by atoms with Crippen LogP contribution in [0.3, 0.4) is 0 Å². The van der Waals surface area contributed by atoms with Crippen molar-refractivity contribution in [1.29, 1.82) is 0 Å². The zero-order valence-corrected chi connectivity index (χ0v) is 8.80. The second-order valence-corrected chi connectivity index (χ2v) is 3.66. The Morgan fingerprint density at radius 2 is 2.06 bits per heavy atom. The molecule has 0 bridgehead atoms. The molecule has 0 saturated carbocycles. The molecule has 8 heteroatoms. The highest BCUT2D eigenvalue weighted by atomic mass is 16.4. The van der Waals surface area contributed by atoms with Crippen molar-refractivity contribution in [2.75, 3.05) is 0 Å². The molecule has 2 amide bonds. The lowest BCUT2D eigenvalue weighted by Crippen LogP contribution is -2.49. The molecule has 8 nitrogen and oxygen atoms in total. The van der Waals surface area contributed by atoms with E-state index in [1.54, 1.807) is 0 Å². The van der Waals surface area contributed by atoms with Gasteiger partial charge in [0.05, 0.1) is 6.42 Å². The lowest BCUT2D eigenvalue weighted by Gasteiger charge is -2.15. The molecule has 1 fully saturated rings. The lowest BCUT2D eigenvalue weighted by atomic mass is 10.1. The number of carbonyl (C=O) groups excluding carboxylic acids is 2. The van der Waals surface area contributed by atoms with E-state index in [-0.39, 0.29) is 18.7 Å². The molecule has 1 aliphatic rings. The largest absolute Gasteiger partial charge is 0.481 e. The van der Waals surface area contributed by atoms with E-state index in [0.717, 1.165) is 0 Å². The van der Waals surface area contributed by atoms with Crippen molar-refractivity contribution in [1.82, 2.24) is 10.6 Å². The summed E-state index contributed by atoms with van der Waals surface area (Å²) in [4.78, 5) is 43.4. The fraction of sp³-hybridized carbons (Fsp3) is 0.556. The predicted octanol–water partition coefficient (Wildman–Crippen LogP) is -1.69. The molecule has 0 unspecified atom stereocenters. The third-order valence-electron chi connectivity index (χ3n) is 2.31. The van der Waals surface area contributed by atoms with E-state index >= 15 is 0 Å². The Balaban J connectivity index is 2.55. The standard InChI is InChI=1S/C9H12N2O6/c12-6-2-1-4(10-6)8(15)11-5(9(16)17)3-7(13)14/h4-5H,1-3H2,(H,10,12)(H,11,15)(H,13,14)(H,16,17)/t4-,5-/m1/s1. The number of amides is 2. The highest BCUT2D eigenvalue weighted by Crippen LogP contribution is 2.07. The first-order chi connectivity index (χ1) is 7.90. The molecule has 94 valence electrons. The number of carbonyl (C=O) groups is 4. The highest BCUT2D eigenvalue weighted by Gasteiger charge is 2.31. The Hall–Kier alpha value is -2.12. The molecule has 17 heavy (non-hydrogen) atoms. The van der Waals surface area contributed by atoms with Crippen molar-refractivity contribution in [2.24, 2.45) is 0 Å². The fourth-order valence-corrected chi connectivity index (χ4v) is 1.46. The quantitative estimate of drug-likeness (QED) is 0.456. The Labute approximate surface area is 96.0 Å². The number of hydrogen-bond donors (Lipinski definition) is 4. The Morgan fingerprint density at radius 1 is 1.41 bits per heavy atom. The summed E-state index contributed by atoms with van der Waals surface area (Å²) >= 11 is 0. The third kappa shape index (κ3) is 3.74. The van der Waals surface area contributed by atoms with Crippen molar-refractivity contribution >= 4 is 23.8 Å². The fourth-order valence-electron chi connectivity index (χ4n) is 1.46. The van der Waals surface area contributed by atoms with Crippen LogP contribution in [0.15, 0.2) is 0 Å². The molecule has 1 rings (SSSR count). The van der Waals surface area contributed by atoms with Crippen LogP contribution >= 0.6 is 0 Å². The van der Waals surface area contributed by atoms with Gasteiger partial charge in [-0.15, -0.1) is 0 Å². The molecule has 0 aliphatic carbocycles. The van der Waals surface area contributed by atoms with E-state index < -0.39 is 36.4 Å². The number of nitrogens with one attached hydrogen (secondary N) is 2. The number of carboxylic acids is 2. The summed E-state index contributed by atoms with van der Waals surface area (Å²) in [6, 6.07) is -2.27. The van der Waals surface area contributed by atoms with Crippen LogP contribution in [0.25, 0.3) is 0 Å². The summed E-state index contributed by atoms with van der Waals surface area (Å²) in [5, 5.41) is 21.6. The minimum atomic E-state index is -1.49. The van der Waals surface area contributed by atoms with Crippen molar-refractivity contribution < 1.29 is 29.4 Å². The van der Waals surface area contributed by atoms with Gasteiger partial charge in [-0.3, -0.25) is 14.4 Å². The van der Waals surface area contributed by atoms with Crippen LogP contribution in [0.2, 0.25) is 0 Å². The zero-order chi connectivity index (χ0) is 13.0. The normalized spacial score (nSPS) is 20.5. The highest BCUT2D eigenvalue weighted by molar-refractivity contribution is 5.93. The van der Waals surface area contributed by atoms with E-state index in [0.29, 0.717) is 0 Å². The van der Waals surface area contributed by atoms with Crippen LogP contribution in [-0.2, 0) is 19.2 Å². The van der Waals surface area contributed by atoms with Gasteiger partial charge in [0, 0.05) is 6.42 Å². The van der Waals surface area contributed by atoms with E-state index in [1.165, 1.54) is 0 Å². The van der Waals surface area contributed by atoms with Gasteiger partial charge in [0.25, 0.3) is 0 Å². The molecule has 2 atom stereocenters. The third-order valence-corrected chi connectivity index (χ3v) is 2.31. The topological polar surface area (TPSA) is 133 Å². The van der Waals surface area contributed by atoms with Gasteiger partial charge in [-0.25, -0.2) is 4.79 Å².